The van der Waals surface area contributed by atoms with Crippen molar-refractivity contribution in [1.29, 1.82) is 0 Å². The van der Waals surface area contributed by atoms with Gasteiger partial charge in [0, 0.05) is 6.42 Å². The van der Waals surface area contributed by atoms with Crippen molar-refractivity contribution in [3.8, 4) is 5.75 Å². The van der Waals surface area contributed by atoms with Gasteiger partial charge in [-0.15, -0.1) is 0 Å². The first-order valence-electron chi connectivity index (χ1n) is 4.80. The smallest absolute Gasteiger partial charge is 0.311 e. The molecule has 0 unspecified atom stereocenters. The Labute approximate surface area is 96.6 Å². The van der Waals surface area contributed by atoms with E-state index in [9.17, 15) is 9.18 Å². The van der Waals surface area contributed by atoms with E-state index < -0.39 is 11.8 Å². The predicted octanol–water partition coefficient (Wildman–Crippen LogP) is 3.68. The maximum absolute atomic E-state index is 13.2. The average molecular weight is 275 g/mol. The van der Waals surface area contributed by atoms with Crippen LogP contribution in [0.5, 0.6) is 5.75 Å². The van der Waals surface area contributed by atoms with Gasteiger partial charge in [0.05, 0.1) is 4.47 Å². The van der Waals surface area contributed by atoms with Crippen LogP contribution < -0.4 is 4.74 Å². The van der Waals surface area contributed by atoms with Crippen LogP contribution in [0, 0.1) is 5.82 Å². The molecule has 82 valence electrons. The fraction of sp³-hybridized carbons (Fsp3) is 0.364. The van der Waals surface area contributed by atoms with Gasteiger partial charge in [-0.1, -0.05) is 19.4 Å². The Bertz CT molecular complexity index is 332. The quantitative estimate of drug-likeness (QED) is 0.619. The Morgan fingerprint density at radius 1 is 1.53 bits per heavy atom. The third-order valence-electron chi connectivity index (χ3n) is 1.87. The van der Waals surface area contributed by atoms with Crippen molar-refractivity contribution in [3.63, 3.8) is 0 Å². The summed E-state index contributed by atoms with van der Waals surface area (Å²) < 4.78 is 18.6. The molecular formula is C11H12BrFO2. The lowest BCUT2D eigenvalue weighted by atomic mass is 10.2. The molecule has 1 rings (SSSR count). The Kier molecular flexibility index (Phi) is 4.75. The van der Waals surface area contributed by atoms with Gasteiger partial charge in [0.1, 0.15) is 0 Å². The van der Waals surface area contributed by atoms with E-state index in [-0.39, 0.29) is 5.75 Å². The standard InChI is InChI=1S/C11H12BrFO2/c1-2-3-7-10(14)15-11-8(12)5-4-6-9(11)13/h4-6H,2-3,7H2,1H3. The van der Waals surface area contributed by atoms with E-state index in [1.807, 2.05) is 6.92 Å². The number of hydrogen-bond acceptors (Lipinski definition) is 2. The Balaban J connectivity index is 2.68. The summed E-state index contributed by atoms with van der Waals surface area (Å²) in [6, 6.07) is 4.43. The van der Waals surface area contributed by atoms with Crippen molar-refractivity contribution in [1.82, 2.24) is 0 Å². The van der Waals surface area contributed by atoms with Crippen molar-refractivity contribution in [2.75, 3.05) is 0 Å². The van der Waals surface area contributed by atoms with E-state index in [0.717, 1.165) is 12.8 Å². The molecule has 0 aromatic heterocycles. The van der Waals surface area contributed by atoms with Gasteiger partial charge in [-0.2, -0.15) is 0 Å². The summed E-state index contributed by atoms with van der Waals surface area (Å²) in [7, 11) is 0. The number of para-hydroxylation sites is 1. The highest BCUT2D eigenvalue weighted by Crippen LogP contribution is 2.28. The highest BCUT2D eigenvalue weighted by atomic mass is 79.9. The molecule has 0 heterocycles. The second kappa shape index (κ2) is 5.85. The zero-order chi connectivity index (χ0) is 11.3. The van der Waals surface area contributed by atoms with Crippen LogP contribution in [0.1, 0.15) is 26.2 Å². The number of carbonyl (C=O) groups excluding carboxylic acids is 1. The molecule has 0 aliphatic rings. The summed E-state index contributed by atoms with van der Waals surface area (Å²) in [6.45, 7) is 1.98. The van der Waals surface area contributed by atoms with Gasteiger partial charge in [0.15, 0.2) is 11.6 Å². The Morgan fingerprint density at radius 3 is 2.87 bits per heavy atom. The van der Waals surface area contributed by atoms with Gasteiger partial charge >= 0.3 is 5.97 Å². The number of carbonyl (C=O) groups is 1. The lowest BCUT2D eigenvalue weighted by Crippen LogP contribution is -2.08. The van der Waals surface area contributed by atoms with Crippen LogP contribution in [0.3, 0.4) is 0 Å². The lowest BCUT2D eigenvalue weighted by molar-refractivity contribution is -0.134. The molecule has 15 heavy (non-hydrogen) atoms. The van der Waals surface area contributed by atoms with E-state index in [1.165, 1.54) is 6.07 Å². The fourth-order valence-corrected chi connectivity index (χ4v) is 1.49. The third-order valence-corrected chi connectivity index (χ3v) is 2.49. The maximum Gasteiger partial charge on any atom is 0.311 e. The molecule has 2 nitrogen and oxygen atoms in total. The van der Waals surface area contributed by atoms with Crippen LogP contribution in [-0.2, 0) is 4.79 Å². The summed E-state index contributed by atoms with van der Waals surface area (Å²) in [5.41, 5.74) is 0. The van der Waals surface area contributed by atoms with Crippen molar-refractivity contribution >= 4 is 21.9 Å². The van der Waals surface area contributed by atoms with Crippen molar-refractivity contribution in [2.45, 2.75) is 26.2 Å². The summed E-state index contributed by atoms with van der Waals surface area (Å²) >= 11 is 3.13. The first-order valence-corrected chi connectivity index (χ1v) is 5.59. The number of benzene rings is 1. The summed E-state index contributed by atoms with van der Waals surface area (Å²) in [4.78, 5) is 11.3. The minimum atomic E-state index is -0.533. The first-order chi connectivity index (χ1) is 7.15. The molecule has 0 saturated carbocycles. The largest absolute Gasteiger partial charge is 0.422 e. The second-order valence-electron chi connectivity index (χ2n) is 3.13. The molecular weight excluding hydrogens is 263 g/mol. The van der Waals surface area contributed by atoms with Crippen LogP contribution in [0.15, 0.2) is 22.7 Å². The topological polar surface area (TPSA) is 26.3 Å². The zero-order valence-corrected chi connectivity index (χ0v) is 10.0. The van der Waals surface area contributed by atoms with Crippen LogP contribution in [0.2, 0.25) is 0 Å². The monoisotopic (exact) mass is 274 g/mol. The zero-order valence-electron chi connectivity index (χ0n) is 8.43. The molecule has 1 aromatic carbocycles. The number of rotatable bonds is 4. The number of unbranched alkanes of at least 4 members (excludes halogenated alkanes) is 1. The van der Waals surface area contributed by atoms with Crippen LogP contribution >= 0.6 is 15.9 Å². The minimum absolute atomic E-state index is 0.0291. The molecule has 0 aliphatic carbocycles. The molecule has 0 aliphatic heterocycles. The van der Waals surface area contributed by atoms with Gasteiger partial charge in [0.25, 0.3) is 0 Å². The van der Waals surface area contributed by atoms with Gasteiger partial charge in [-0.25, -0.2) is 4.39 Å². The lowest BCUT2D eigenvalue weighted by Gasteiger charge is -2.06. The van der Waals surface area contributed by atoms with Gasteiger partial charge < -0.3 is 4.74 Å². The van der Waals surface area contributed by atoms with E-state index in [2.05, 4.69) is 15.9 Å². The third kappa shape index (κ3) is 3.63. The molecule has 0 N–H and O–H groups in total. The molecule has 0 radical (unpaired) electrons. The predicted molar refractivity (Wildman–Crippen MR) is 59.3 cm³/mol. The number of esters is 1. The molecule has 0 amide bonds. The van der Waals surface area contributed by atoms with Crippen molar-refractivity contribution in [3.05, 3.63) is 28.5 Å². The number of ether oxygens (including phenoxy) is 1. The molecule has 0 atom stereocenters. The Hall–Kier alpha value is -0.900. The van der Waals surface area contributed by atoms with Crippen LogP contribution in [0.25, 0.3) is 0 Å². The molecule has 0 spiro atoms. The molecule has 4 heteroatoms. The maximum atomic E-state index is 13.2. The van der Waals surface area contributed by atoms with E-state index in [0.29, 0.717) is 10.9 Å². The van der Waals surface area contributed by atoms with Crippen molar-refractivity contribution < 1.29 is 13.9 Å². The highest BCUT2D eigenvalue weighted by Gasteiger charge is 2.12. The second-order valence-corrected chi connectivity index (χ2v) is 3.98. The minimum Gasteiger partial charge on any atom is -0.422 e. The summed E-state index contributed by atoms with van der Waals surface area (Å²) in [5.74, 6) is -0.963. The normalized spacial score (nSPS) is 10.1. The SMILES string of the molecule is CCCCC(=O)Oc1c(F)cccc1Br. The van der Waals surface area contributed by atoms with E-state index >= 15 is 0 Å². The summed E-state index contributed by atoms with van der Waals surface area (Å²) in [6.07, 6.45) is 1.98. The van der Waals surface area contributed by atoms with Gasteiger partial charge in [0.2, 0.25) is 0 Å². The molecule has 0 fully saturated rings. The Morgan fingerprint density at radius 2 is 2.27 bits per heavy atom. The van der Waals surface area contributed by atoms with Crippen LogP contribution in [-0.4, -0.2) is 5.97 Å². The number of halogens is 2. The van der Waals surface area contributed by atoms with Crippen LogP contribution in [0.4, 0.5) is 4.39 Å². The van der Waals surface area contributed by atoms with Gasteiger partial charge in [-0.05, 0) is 34.5 Å². The van der Waals surface area contributed by atoms with Crippen molar-refractivity contribution in [2.24, 2.45) is 0 Å². The van der Waals surface area contributed by atoms with E-state index in [4.69, 9.17) is 4.74 Å². The molecule has 0 saturated heterocycles. The first kappa shape index (κ1) is 12.2. The van der Waals surface area contributed by atoms with E-state index in [1.54, 1.807) is 12.1 Å². The highest BCUT2D eigenvalue weighted by molar-refractivity contribution is 9.10. The average Bonchev–Trinajstić information content (AvgIpc) is 2.21. The fourth-order valence-electron chi connectivity index (χ4n) is 1.07. The number of hydrogen-bond donors (Lipinski definition) is 0. The van der Waals surface area contributed by atoms with Gasteiger partial charge in [-0.3, -0.25) is 4.79 Å². The molecule has 1 aromatic rings. The molecule has 0 bridgehead atoms. The summed E-state index contributed by atoms with van der Waals surface area (Å²) in [5, 5.41) is 0.